The Labute approximate surface area is 125 Å². The number of piperidine rings is 1. The Morgan fingerprint density at radius 2 is 1.90 bits per heavy atom. The first-order valence-corrected chi connectivity index (χ1v) is 8.10. The molecule has 4 heteroatoms. The van der Waals surface area contributed by atoms with E-state index in [0.717, 1.165) is 18.9 Å². The molecular weight excluding hydrogens is 250 g/mol. The zero-order valence-electron chi connectivity index (χ0n) is 14.2. The summed E-state index contributed by atoms with van der Waals surface area (Å²) < 4.78 is 0. The van der Waals surface area contributed by atoms with Crippen LogP contribution in [0.15, 0.2) is 0 Å². The maximum Gasteiger partial charge on any atom is 0.0611 e. The van der Waals surface area contributed by atoms with Crippen molar-refractivity contribution in [3.8, 4) is 0 Å². The van der Waals surface area contributed by atoms with E-state index in [1.165, 1.54) is 32.5 Å². The molecule has 1 heterocycles. The van der Waals surface area contributed by atoms with Crippen molar-refractivity contribution in [1.82, 2.24) is 15.1 Å². The SMILES string of the molecule is CC(C)NC(C)(CO)CCN1CCC(CN(C)C)CC1. The quantitative estimate of drug-likeness (QED) is 0.707. The van der Waals surface area contributed by atoms with Crippen molar-refractivity contribution in [1.29, 1.82) is 0 Å². The third-order valence-corrected chi connectivity index (χ3v) is 4.30. The molecule has 2 N–H and O–H groups in total. The van der Waals surface area contributed by atoms with E-state index in [1.807, 2.05) is 0 Å². The summed E-state index contributed by atoms with van der Waals surface area (Å²) >= 11 is 0. The Kier molecular flexibility index (Phi) is 7.45. The molecule has 1 unspecified atom stereocenters. The Morgan fingerprint density at radius 3 is 2.35 bits per heavy atom. The lowest BCUT2D eigenvalue weighted by Crippen LogP contribution is -2.51. The average molecular weight is 285 g/mol. The highest BCUT2D eigenvalue weighted by atomic mass is 16.3. The minimum atomic E-state index is -0.144. The highest BCUT2D eigenvalue weighted by molar-refractivity contribution is 4.86. The summed E-state index contributed by atoms with van der Waals surface area (Å²) in [6.07, 6.45) is 3.64. The fourth-order valence-corrected chi connectivity index (χ4v) is 3.21. The van der Waals surface area contributed by atoms with Crippen LogP contribution in [0.4, 0.5) is 0 Å². The highest BCUT2D eigenvalue weighted by Gasteiger charge is 2.26. The lowest BCUT2D eigenvalue weighted by molar-refractivity contribution is 0.117. The van der Waals surface area contributed by atoms with Gasteiger partial charge in [0.25, 0.3) is 0 Å². The van der Waals surface area contributed by atoms with Gasteiger partial charge in [-0.3, -0.25) is 0 Å². The van der Waals surface area contributed by atoms with E-state index < -0.39 is 0 Å². The number of rotatable bonds is 8. The fourth-order valence-electron chi connectivity index (χ4n) is 3.21. The van der Waals surface area contributed by atoms with Crippen LogP contribution in [-0.2, 0) is 0 Å². The molecule has 0 aromatic heterocycles. The van der Waals surface area contributed by atoms with Gasteiger partial charge in [0, 0.05) is 18.1 Å². The zero-order valence-corrected chi connectivity index (χ0v) is 14.2. The first-order chi connectivity index (χ1) is 9.34. The van der Waals surface area contributed by atoms with Gasteiger partial charge in [-0.1, -0.05) is 13.8 Å². The number of nitrogens with one attached hydrogen (secondary N) is 1. The van der Waals surface area contributed by atoms with Gasteiger partial charge in [-0.15, -0.1) is 0 Å². The number of aliphatic hydroxyl groups is 1. The minimum Gasteiger partial charge on any atom is -0.394 e. The van der Waals surface area contributed by atoms with Crippen LogP contribution in [0, 0.1) is 5.92 Å². The zero-order chi connectivity index (χ0) is 15.2. The fraction of sp³-hybridized carbons (Fsp3) is 1.00. The van der Waals surface area contributed by atoms with Crippen LogP contribution in [-0.4, -0.2) is 73.4 Å². The molecule has 120 valence electrons. The summed E-state index contributed by atoms with van der Waals surface area (Å²) in [6.45, 7) is 11.3. The van der Waals surface area contributed by atoms with Gasteiger partial charge in [0.05, 0.1) is 6.61 Å². The van der Waals surface area contributed by atoms with Gasteiger partial charge in [-0.25, -0.2) is 0 Å². The summed E-state index contributed by atoms with van der Waals surface area (Å²) in [4.78, 5) is 4.86. The molecule has 0 spiro atoms. The minimum absolute atomic E-state index is 0.144. The molecule has 1 atom stereocenters. The molecule has 0 saturated carbocycles. The molecule has 4 nitrogen and oxygen atoms in total. The largest absolute Gasteiger partial charge is 0.394 e. The van der Waals surface area contributed by atoms with Gasteiger partial charge in [-0.2, -0.15) is 0 Å². The normalized spacial score (nSPS) is 21.6. The molecule has 0 aromatic rings. The first kappa shape index (κ1) is 17.9. The van der Waals surface area contributed by atoms with E-state index >= 15 is 0 Å². The van der Waals surface area contributed by atoms with Crippen LogP contribution in [0.1, 0.15) is 40.0 Å². The predicted molar refractivity (Wildman–Crippen MR) is 86.1 cm³/mol. The molecule has 0 radical (unpaired) electrons. The smallest absolute Gasteiger partial charge is 0.0611 e. The number of hydrogen-bond donors (Lipinski definition) is 2. The summed E-state index contributed by atoms with van der Waals surface area (Å²) in [5, 5.41) is 13.1. The van der Waals surface area contributed by atoms with E-state index in [0.29, 0.717) is 6.04 Å². The lowest BCUT2D eigenvalue weighted by Gasteiger charge is -2.37. The third kappa shape index (κ3) is 6.53. The average Bonchev–Trinajstić information content (AvgIpc) is 2.36. The lowest BCUT2D eigenvalue weighted by atomic mass is 9.94. The van der Waals surface area contributed by atoms with Gasteiger partial charge in [0.15, 0.2) is 0 Å². The topological polar surface area (TPSA) is 38.7 Å². The first-order valence-electron chi connectivity index (χ1n) is 8.10. The molecular formula is C16H35N3O. The number of hydrogen-bond acceptors (Lipinski definition) is 4. The van der Waals surface area contributed by atoms with Gasteiger partial charge in [0.2, 0.25) is 0 Å². The Balaban J connectivity index is 2.29. The van der Waals surface area contributed by atoms with E-state index in [1.54, 1.807) is 0 Å². The molecule has 1 fully saturated rings. The Bertz CT molecular complexity index is 262. The van der Waals surface area contributed by atoms with Crippen molar-refractivity contribution in [3.63, 3.8) is 0 Å². The second-order valence-corrected chi connectivity index (χ2v) is 7.32. The standard InChI is InChI=1S/C16H35N3O/c1-14(2)17-16(3,13-20)8-11-19-9-6-15(7-10-19)12-18(4)5/h14-15,17,20H,6-13H2,1-5H3. The Morgan fingerprint density at radius 1 is 1.30 bits per heavy atom. The Hall–Kier alpha value is -0.160. The van der Waals surface area contributed by atoms with Crippen molar-refractivity contribution >= 4 is 0 Å². The van der Waals surface area contributed by atoms with Crippen LogP contribution in [0.3, 0.4) is 0 Å². The van der Waals surface area contributed by atoms with Crippen LogP contribution in [0.5, 0.6) is 0 Å². The van der Waals surface area contributed by atoms with Gasteiger partial charge >= 0.3 is 0 Å². The van der Waals surface area contributed by atoms with Crippen molar-refractivity contribution in [3.05, 3.63) is 0 Å². The van der Waals surface area contributed by atoms with E-state index in [9.17, 15) is 5.11 Å². The second-order valence-electron chi connectivity index (χ2n) is 7.32. The summed E-state index contributed by atoms with van der Waals surface area (Å²) in [6, 6.07) is 0.415. The van der Waals surface area contributed by atoms with E-state index in [2.05, 4.69) is 50.0 Å². The third-order valence-electron chi connectivity index (χ3n) is 4.30. The van der Waals surface area contributed by atoms with Crippen molar-refractivity contribution in [2.45, 2.75) is 51.6 Å². The monoisotopic (exact) mass is 285 g/mol. The number of aliphatic hydroxyl groups excluding tert-OH is 1. The molecule has 0 aromatic carbocycles. The van der Waals surface area contributed by atoms with Crippen molar-refractivity contribution < 1.29 is 5.11 Å². The highest BCUT2D eigenvalue weighted by Crippen LogP contribution is 2.19. The van der Waals surface area contributed by atoms with Gasteiger partial charge in [0.1, 0.15) is 0 Å². The van der Waals surface area contributed by atoms with Crippen LogP contribution >= 0.6 is 0 Å². The molecule has 1 rings (SSSR count). The number of nitrogens with zero attached hydrogens (tertiary/aromatic N) is 2. The van der Waals surface area contributed by atoms with E-state index in [-0.39, 0.29) is 12.1 Å². The molecule has 20 heavy (non-hydrogen) atoms. The van der Waals surface area contributed by atoms with Crippen molar-refractivity contribution in [2.75, 3.05) is 46.9 Å². The maximum atomic E-state index is 9.62. The van der Waals surface area contributed by atoms with Crippen LogP contribution < -0.4 is 5.32 Å². The molecule has 1 aliphatic rings. The van der Waals surface area contributed by atoms with Gasteiger partial charge < -0.3 is 20.2 Å². The number of likely N-dealkylation sites (tertiary alicyclic amines) is 1. The summed E-state index contributed by atoms with van der Waals surface area (Å²) in [5.41, 5.74) is -0.144. The van der Waals surface area contributed by atoms with Gasteiger partial charge in [-0.05, 0) is 65.8 Å². The maximum absolute atomic E-state index is 9.62. The van der Waals surface area contributed by atoms with E-state index in [4.69, 9.17) is 0 Å². The predicted octanol–water partition coefficient (Wildman–Crippen LogP) is 1.40. The van der Waals surface area contributed by atoms with Crippen LogP contribution in [0.25, 0.3) is 0 Å². The molecule has 0 amide bonds. The molecule has 0 aliphatic carbocycles. The molecule has 0 bridgehead atoms. The summed E-state index contributed by atoms with van der Waals surface area (Å²) in [7, 11) is 4.33. The second kappa shape index (κ2) is 8.32. The molecule has 1 aliphatic heterocycles. The summed E-state index contributed by atoms with van der Waals surface area (Å²) in [5.74, 6) is 0.860. The van der Waals surface area contributed by atoms with Crippen molar-refractivity contribution in [2.24, 2.45) is 5.92 Å². The molecule has 1 saturated heterocycles. The van der Waals surface area contributed by atoms with Crippen LogP contribution in [0.2, 0.25) is 0 Å².